The Balaban J connectivity index is 1.78. The van der Waals surface area contributed by atoms with Gasteiger partial charge in [0.25, 0.3) is 0 Å². The summed E-state index contributed by atoms with van der Waals surface area (Å²) < 4.78 is 0. The molecule has 0 aliphatic heterocycles. The summed E-state index contributed by atoms with van der Waals surface area (Å²) in [6.45, 7) is 2.63. The monoisotopic (exact) mass is 308 g/mol. The summed E-state index contributed by atoms with van der Waals surface area (Å²) in [5, 5.41) is 4.93. The molecule has 0 radical (unpaired) electrons. The maximum absolute atomic E-state index is 6.16. The first-order chi connectivity index (χ1) is 9.65. The number of benzene rings is 2. The second-order valence-electron chi connectivity index (χ2n) is 4.77. The van der Waals surface area contributed by atoms with E-state index in [1.807, 2.05) is 42.5 Å². The highest BCUT2D eigenvalue weighted by molar-refractivity contribution is 6.31. The molecule has 2 aromatic carbocycles. The lowest BCUT2D eigenvalue weighted by molar-refractivity contribution is 0.340. The standard InChI is InChI=1S/C16H18Cl2N2/c1-20(12-13-5-2-3-8-16(13)18)10-9-19-15-7-4-6-14(17)11-15/h2-8,11,19H,9-10,12H2,1H3. The molecule has 0 saturated carbocycles. The summed E-state index contributed by atoms with van der Waals surface area (Å²) in [6.07, 6.45) is 0. The minimum atomic E-state index is 0.749. The highest BCUT2D eigenvalue weighted by atomic mass is 35.5. The Labute approximate surface area is 130 Å². The predicted molar refractivity (Wildman–Crippen MR) is 87.7 cm³/mol. The lowest BCUT2D eigenvalue weighted by Crippen LogP contribution is -2.24. The van der Waals surface area contributed by atoms with Gasteiger partial charge in [-0.15, -0.1) is 0 Å². The van der Waals surface area contributed by atoms with Gasteiger partial charge in [-0.3, -0.25) is 0 Å². The van der Waals surface area contributed by atoms with Crippen LogP contribution in [0.2, 0.25) is 10.0 Å². The maximum atomic E-state index is 6.16. The fraction of sp³-hybridized carbons (Fsp3) is 0.250. The van der Waals surface area contributed by atoms with E-state index in [-0.39, 0.29) is 0 Å². The number of halogens is 2. The summed E-state index contributed by atoms with van der Waals surface area (Å²) in [5.41, 5.74) is 2.20. The molecular formula is C16H18Cl2N2. The van der Waals surface area contributed by atoms with Crippen LogP contribution in [-0.2, 0) is 6.54 Å². The van der Waals surface area contributed by atoms with Crippen molar-refractivity contribution in [3.05, 3.63) is 64.1 Å². The molecule has 1 N–H and O–H groups in total. The van der Waals surface area contributed by atoms with Crippen molar-refractivity contribution in [3.8, 4) is 0 Å². The van der Waals surface area contributed by atoms with Crippen LogP contribution >= 0.6 is 23.2 Å². The van der Waals surface area contributed by atoms with Gasteiger partial charge in [-0.1, -0.05) is 47.5 Å². The SMILES string of the molecule is CN(CCNc1cccc(Cl)c1)Cc1ccccc1Cl. The molecule has 2 nitrogen and oxygen atoms in total. The third kappa shape index (κ3) is 4.71. The zero-order valence-corrected chi connectivity index (χ0v) is 13.0. The fourth-order valence-corrected chi connectivity index (χ4v) is 2.37. The van der Waals surface area contributed by atoms with Gasteiger partial charge >= 0.3 is 0 Å². The Morgan fingerprint density at radius 1 is 1.05 bits per heavy atom. The van der Waals surface area contributed by atoms with Crippen molar-refractivity contribution in [2.24, 2.45) is 0 Å². The van der Waals surface area contributed by atoms with E-state index in [1.54, 1.807) is 0 Å². The molecule has 2 aromatic rings. The second-order valence-corrected chi connectivity index (χ2v) is 5.61. The van der Waals surface area contributed by atoms with Crippen LogP contribution < -0.4 is 5.32 Å². The zero-order valence-electron chi connectivity index (χ0n) is 11.4. The molecule has 4 heteroatoms. The van der Waals surface area contributed by atoms with Gasteiger partial charge in [0.1, 0.15) is 0 Å². The van der Waals surface area contributed by atoms with Crippen molar-refractivity contribution in [3.63, 3.8) is 0 Å². The molecule has 0 aromatic heterocycles. The minimum absolute atomic E-state index is 0.749. The van der Waals surface area contributed by atoms with Crippen molar-refractivity contribution in [2.45, 2.75) is 6.54 Å². The van der Waals surface area contributed by atoms with Crippen molar-refractivity contribution >= 4 is 28.9 Å². The van der Waals surface area contributed by atoms with Crippen LogP contribution in [0.3, 0.4) is 0 Å². The second kappa shape index (κ2) is 7.53. The fourth-order valence-electron chi connectivity index (χ4n) is 1.99. The number of likely N-dealkylation sites (N-methyl/N-ethyl adjacent to an activating group) is 1. The first-order valence-corrected chi connectivity index (χ1v) is 7.32. The van der Waals surface area contributed by atoms with Crippen molar-refractivity contribution in [1.29, 1.82) is 0 Å². The van der Waals surface area contributed by atoms with Gasteiger partial charge in [-0.25, -0.2) is 0 Å². The van der Waals surface area contributed by atoms with Gasteiger partial charge in [0.05, 0.1) is 0 Å². The van der Waals surface area contributed by atoms with Crippen LogP contribution in [0.4, 0.5) is 5.69 Å². The molecule has 20 heavy (non-hydrogen) atoms. The summed E-state index contributed by atoms with van der Waals surface area (Å²) in [6, 6.07) is 15.7. The first kappa shape index (κ1) is 15.2. The zero-order chi connectivity index (χ0) is 14.4. The smallest absolute Gasteiger partial charge is 0.0451 e. The van der Waals surface area contributed by atoms with Gasteiger partial charge in [-0.05, 0) is 36.9 Å². The number of anilines is 1. The normalized spacial score (nSPS) is 10.8. The Bertz CT molecular complexity index is 558. The van der Waals surface area contributed by atoms with Gasteiger partial charge in [0, 0.05) is 35.4 Å². The Morgan fingerprint density at radius 2 is 1.85 bits per heavy atom. The summed E-state index contributed by atoms with van der Waals surface area (Å²) in [4.78, 5) is 2.23. The van der Waals surface area contributed by atoms with Crippen molar-refractivity contribution in [2.75, 3.05) is 25.5 Å². The lowest BCUT2D eigenvalue weighted by Gasteiger charge is -2.18. The largest absolute Gasteiger partial charge is 0.384 e. The van der Waals surface area contributed by atoms with E-state index in [2.05, 4.69) is 23.3 Å². The maximum Gasteiger partial charge on any atom is 0.0451 e. The quantitative estimate of drug-likeness (QED) is 0.843. The van der Waals surface area contributed by atoms with Crippen molar-refractivity contribution < 1.29 is 0 Å². The minimum Gasteiger partial charge on any atom is -0.384 e. The van der Waals surface area contributed by atoms with Gasteiger partial charge in [0.15, 0.2) is 0 Å². The first-order valence-electron chi connectivity index (χ1n) is 6.56. The molecule has 2 rings (SSSR count). The van der Waals surface area contributed by atoms with Crippen molar-refractivity contribution in [1.82, 2.24) is 4.90 Å². The molecule has 0 fully saturated rings. The topological polar surface area (TPSA) is 15.3 Å². The van der Waals surface area contributed by atoms with E-state index in [4.69, 9.17) is 23.2 Å². The van der Waals surface area contributed by atoms with E-state index < -0.39 is 0 Å². The van der Waals surface area contributed by atoms with Crippen LogP contribution in [0.15, 0.2) is 48.5 Å². The number of hydrogen-bond donors (Lipinski definition) is 1. The van der Waals surface area contributed by atoms with E-state index >= 15 is 0 Å². The molecular weight excluding hydrogens is 291 g/mol. The van der Waals surface area contributed by atoms with Crippen LogP contribution in [-0.4, -0.2) is 25.0 Å². The molecule has 0 unspecified atom stereocenters. The molecule has 0 saturated heterocycles. The number of hydrogen-bond acceptors (Lipinski definition) is 2. The molecule has 0 aliphatic carbocycles. The average Bonchev–Trinajstić information content (AvgIpc) is 2.41. The summed E-state index contributed by atoms with van der Waals surface area (Å²) >= 11 is 12.1. The molecule has 0 aliphatic rings. The number of nitrogens with zero attached hydrogens (tertiary/aromatic N) is 1. The average molecular weight is 309 g/mol. The molecule has 0 heterocycles. The number of nitrogens with one attached hydrogen (secondary N) is 1. The third-order valence-corrected chi connectivity index (χ3v) is 3.65. The Hall–Kier alpha value is -1.22. The van der Waals surface area contributed by atoms with Gasteiger partial charge in [-0.2, -0.15) is 0 Å². The van der Waals surface area contributed by atoms with Crippen LogP contribution in [0.1, 0.15) is 5.56 Å². The van der Waals surface area contributed by atoms with E-state index in [0.29, 0.717) is 0 Å². The molecule has 0 spiro atoms. The van der Waals surface area contributed by atoms with Crippen LogP contribution in [0, 0.1) is 0 Å². The van der Waals surface area contributed by atoms with Gasteiger partial charge in [0.2, 0.25) is 0 Å². The Morgan fingerprint density at radius 3 is 2.60 bits per heavy atom. The molecule has 106 valence electrons. The highest BCUT2D eigenvalue weighted by Crippen LogP contribution is 2.17. The molecule has 0 bridgehead atoms. The predicted octanol–water partition coefficient (Wildman–Crippen LogP) is 4.54. The van der Waals surface area contributed by atoms with E-state index in [1.165, 1.54) is 0 Å². The summed E-state index contributed by atoms with van der Waals surface area (Å²) in [7, 11) is 2.09. The summed E-state index contributed by atoms with van der Waals surface area (Å²) in [5.74, 6) is 0. The number of rotatable bonds is 6. The van der Waals surface area contributed by atoms with E-state index in [9.17, 15) is 0 Å². The lowest BCUT2D eigenvalue weighted by atomic mass is 10.2. The third-order valence-electron chi connectivity index (χ3n) is 3.05. The van der Waals surface area contributed by atoms with Gasteiger partial charge < -0.3 is 10.2 Å². The molecule has 0 atom stereocenters. The van der Waals surface area contributed by atoms with E-state index in [0.717, 1.165) is 40.9 Å². The van der Waals surface area contributed by atoms with Crippen LogP contribution in [0.5, 0.6) is 0 Å². The highest BCUT2D eigenvalue weighted by Gasteiger charge is 2.03. The Kier molecular flexibility index (Phi) is 5.72. The molecule has 0 amide bonds. The van der Waals surface area contributed by atoms with Crippen LogP contribution in [0.25, 0.3) is 0 Å².